The lowest BCUT2D eigenvalue weighted by Crippen LogP contribution is -2.42. The summed E-state index contributed by atoms with van der Waals surface area (Å²) in [6.45, 7) is 2.39. The van der Waals surface area contributed by atoms with Crippen LogP contribution in [0.3, 0.4) is 0 Å². The smallest absolute Gasteiger partial charge is 0.0215 e. The molecule has 0 aromatic carbocycles. The van der Waals surface area contributed by atoms with Crippen LogP contribution in [-0.4, -0.2) is 38.1 Å². The van der Waals surface area contributed by atoms with E-state index in [9.17, 15) is 0 Å². The lowest BCUT2D eigenvalue weighted by molar-refractivity contribution is 0.242. The van der Waals surface area contributed by atoms with Crippen LogP contribution < -0.4 is 5.32 Å². The van der Waals surface area contributed by atoms with Crippen LogP contribution in [-0.2, 0) is 0 Å². The van der Waals surface area contributed by atoms with Crippen molar-refractivity contribution in [1.29, 1.82) is 0 Å². The van der Waals surface area contributed by atoms with Crippen molar-refractivity contribution in [3.63, 3.8) is 0 Å². The predicted molar refractivity (Wildman–Crippen MR) is 46.8 cm³/mol. The first-order valence-corrected chi connectivity index (χ1v) is 3.68. The maximum Gasteiger partial charge on any atom is 0.0215 e. The fourth-order valence-corrected chi connectivity index (χ4v) is 1.27. The van der Waals surface area contributed by atoms with Crippen LogP contribution in [0.15, 0.2) is 0 Å². The van der Waals surface area contributed by atoms with E-state index in [0.717, 1.165) is 6.04 Å². The minimum Gasteiger partial charge on any atom is -0.315 e. The molecule has 1 unspecified atom stereocenters. The van der Waals surface area contributed by atoms with Gasteiger partial charge in [-0.25, -0.2) is 0 Å². The molecule has 0 spiro atoms. The number of piperidine rings is 1. The quantitative estimate of drug-likeness (QED) is 0.615. The highest BCUT2D eigenvalue weighted by molar-refractivity contribution is 5.85. The van der Waals surface area contributed by atoms with Crippen LogP contribution in [0.4, 0.5) is 0 Å². The van der Waals surface area contributed by atoms with Crippen LogP contribution in [0.2, 0.25) is 0 Å². The molecule has 1 heterocycles. The van der Waals surface area contributed by atoms with Crippen LogP contribution in [0.1, 0.15) is 12.8 Å². The van der Waals surface area contributed by atoms with Gasteiger partial charge in [-0.15, -0.1) is 12.4 Å². The van der Waals surface area contributed by atoms with Gasteiger partial charge in [0.05, 0.1) is 0 Å². The number of likely N-dealkylation sites (N-methyl/N-ethyl adjacent to an activating group) is 1. The van der Waals surface area contributed by atoms with Gasteiger partial charge >= 0.3 is 0 Å². The number of rotatable bonds is 1. The zero-order valence-electron chi connectivity index (χ0n) is 6.76. The molecule has 0 bridgehead atoms. The summed E-state index contributed by atoms with van der Waals surface area (Å²) in [5.74, 6) is 0. The number of nitrogens with zero attached hydrogens (tertiary/aromatic N) is 1. The maximum atomic E-state index is 3.37. The molecule has 3 heteroatoms. The number of hydrogen-bond donors (Lipinski definition) is 1. The van der Waals surface area contributed by atoms with E-state index in [-0.39, 0.29) is 12.4 Å². The lowest BCUT2D eigenvalue weighted by Gasteiger charge is -2.28. The fourth-order valence-electron chi connectivity index (χ4n) is 1.27. The molecule has 0 aliphatic carbocycles. The van der Waals surface area contributed by atoms with Crippen molar-refractivity contribution in [3.05, 3.63) is 0 Å². The molecule has 1 aliphatic rings. The maximum absolute atomic E-state index is 3.37. The Morgan fingerprint density at radius 3 is 2.40 bits per heavy atom. The van der Waals surface area contributed by atoms with E-state index in [1.54, 1.807) is 0 Å². The monoisotopic (exact) mass is 164 g/mol. The second-order valence-corrected chi connectivity index (χ2v) is 2.96. The van der Waals surface area contributed by atoms with Crippen molar-refractivity contribution < 1.29 is 0 Å². The topological polar surface area (TPSA) is 15.3 Å². The highest BCUT2D eigenvalue weighted by atomic mass is 35.5. The van der Waals surface area contributed by atoms with Gasteiger partial charge in [-0.2, -0.15) is 0 Å². The summed E-state index contributed by atoms with van der Waals surface area (Å²) in [5.41, 5.74) is 0. The van der Waals surface area contributed by atoms with Gasteiger partial charge in [0, 0.05) is 12.6 Å². The van der Waals surface area contributed by atoms with Gasteiger partial charge in [-0.3, -0.25) is 0 Å². The average Bonchev–Trinajstić information content (AvgIpc) is 1.90. The van der Waals surface area contributed by atoms with E-state index in [1.807, 2.05) is 0 Å². The summed E-state index contributed by atoms with van der Waals surface area (Å²) < 4.78 is 0. The van der Waals surface area contributed by atoms with Gasteiger partial charge in [-0.05, 0) is 33.5 Å². The van der Waals surface area contributed by atoms with E-state index < -0.39 is 0 Å². The SMILES string of the molecule is CN(C)C1CCCNC1.Cl. The number of nitrogens with one attached hydrogen (secondary N) is 1. The van der Waals surface area contributed by atoms with Gasteiger partial charge in [0.25, 0.3) is 0 Å². The standard InChI is InChI=1S/C7H16N2.ClH/c1-9(2)7-4-3-5-8-6-7;/h7-8H,3-6H2,1-2H3;1H. The third-order valence-electron chi connectivity index (χ3n) is 2.00. The largest absolute Gasteiger partial charge is 0.315 e. The average molecular weight is 165 g/mol. The van der Waals surface area contributed by atoms with E-state index in [1.165, 1.54) is 25.9 Å². The van der Waals surface area contributed by atoms with Crippen molar-refractivity contribution in [2.24, 2.45) is 0 Å². The molecule has 1 atom stereocenters. The minimum atomic E-state index is 0. The van der Waals surface area contributed by atoms with E-state index in [4.69, 9.17) is 0 Å². The van der Waals surface area contributed by atoms with Crippen molar-refractivity contribution in [3.8, 4) is 0 Å². The molecule has 2 nitrogen and oxygen atoms in total. The third kappa shape index (κ3) is 2.86. The molecular formula is C7H17ClN2. The van der Waals surface area contributed by atoms with Crippen LogP contribution in [0, 0.1) is 0 Å². The second kappa shape index (κ2) is 4.94. The molecule has 0 amide bonds. The first-order chi connectivity index (χ1) is 4.30. The molecular weight excluding hydrogens is 148 g/mol. The Kier molecular flexibility index (Phi) is 5.04. The van der Waals surface area contributed by atoms with Crippen LogP contribution >= 0.6 is 12.4 Å². The van der Waals surface area contributed by atoms with Crippen molar-refractivity contribution in [1.82, 2.24) is 10.2 Å². The summed E-state index contributed by atoms with van der Waals surface area (Å²) in [7, 11) is 4.30. The Bertz CT molecular complexity index is 79.7. The van der Waals surface area contributed by atoms with E-state index in [0.29, 0.717) is 0 Å². The van der Waals surface area contributed by atoms with Crippen molar-refractivity contribution in [2.45, 2.75) is 18.9 Å². The second-order valence-electron chi connectivity index (χ2n) is 2.96. The Hall–Kier alpha value is 0.210. The molecule has 0 aromatic rings. The lowest BCUT2D eigenvalue weighted by atomic mass is 10.1. The summed E-state index contributed by atoms with van der Waals surface area (Å²) >= 11 is 0. The first kappa shape index (κ1) is 10.2. The van der Waals surface area contributed by atoms with Crippen molar-refractivity contribution >= 4 is 12.4 Å². The zero-order valence-corrected chi connectivity index (χ0v) is 7.58. The van der Waals surface area contributed by atoms with Gasteiger partial charge in [0.1, 0.15) is 0 Å². The number of hydrogen-bond acceptors (Lipinski definition) is 2. The molecule has 1 rings (SSSR count). The summed E-state index contributed by atoms with van der Waals surface area (Å²) in [6.07, 6.45) is 2.70. The summed E-state index contributed by atoms with van der Waals surface area (Å²) in [4.78, 5) is 2.30. The Morgan fingerprint density at radius 1 is 1.40 bits per heavy atom. The normalized spacial score (nSPS) is 26.1. The highest BCUT2D eigenvalue weighted by Gasteiger charge is 2.13. The molecule has 62 valence electrons. The van der Waals surface area contributed by atoms with E-state index in [2.05, 4.69) is 24.3 Å². The zero-order chi connectivity index (χ0) is 6.69. The molecule has 1 fully saturated rings. The molecule has 1 aliphatic heterocycles. The van der Waals surface area contributed by atoms with Gasteiger partial charge in [0.15, 0.2) is 0 Å². The predicted octanol–water partition coefficient (Wildman–Crippen LogP) is 0.722. The fraction of sp³-hybridized carbons (Fsp3) is 1.00. The van der Waals surface area contributed by atoms with Gasteiger partial charge in [-0.1, -0.05) is 0 Å². The van der Waals surface area contributed by atoms with Gasteiger partial charge in [0.2, 0.25) is 0 Å². The van der Waals surface area contributed by atoms with E-state index >= 15 is 0 Å². The first-order valence-electron chi connectivity index (χ1n) is 3.68. The summed E-state index contributed by atoms with van der Waals surface area (Å²) in [5, 5.41) is 3.37. The number of halogens is 1. The van der Waals surface area contributed by atoms with Crippen LogP contribution in [0.25, 0.3) is 0 Å². The molecule has 10 heavy (non-hydrogen) atoms. The molecule has 1 saturated heterocycles. The molecule has 0 aromatic heterocycles. The minimum absolute atomic E-state index is 0. The highest BCUT2D eigenvalue weighted by Crippen LogP contribution is 2.05. The molecule has 0 radical (unpaired) electrons. The Balaban J connectivity index is 0.000000810. The van der Waals surface area contributed by atoms with Crippen molar-refractivity contribution in [2.75, 3.05) is 27.2 Å². The van der Waals surface area contributed by atoms with Crippen LogP contribution in [0.5, 0.6) is 0 Å². The molecule has 0 saturated carbocycles. The third-order valence-corrected chi connectivity index (χ3v) is 2.00. The Labute approximate surface area is 69.4 Å². The Morgan fingerprint density at radius 2 is 2.10 bits per heavy atom. The van der Waals surface area contributed by atoms with Gasteiger partial charge < -0.3 is 10.2 Å². The summed E-state index contributed by atoms with van der Waals surface area (Å²) in [6, 6.07) is 0.777. The molecule has 1 N–H and O–H groups in total.